The van der Waals surface area contributed by atoms with Crippen molar-refractivity contribution >= 4 is 33.4 Å². The average molecular weight is 205 g/mol. The van der Waals surface area contributed by atoms with Crippen LogP contribution in [0, 0.1) is 0 Å². The molecular weight excluding hydrogens is 201 g/mol. The van der Waals surface area contributed by atoms with Gasteiger partial charge in [-0.15, -0.1) is 0 Å². The van der Waals surface area contributed by atoms with Gasteiger partial charge in [0.1, 0.15) is 0 Å². The topological polar surface area (TPSA) is 14.1 Å². The second-order valence-electron chi connectivity index (χ2n) is 1.54. The molecule has 0 bridgehead atoms. The predicted molar refractivity (Wildman–Crippen MR) is 41.8 cm³/mol. The number of benzene rings is 1. The Morgan fingerprint density at radius 3 is 2.44 bits per heavy atom. The summed E-state index contributed by atoms with van der Waals surface area (Å²) >= 11 is 8.51. The van der Waals surface area contributed by atoms with Crippen LogP contribution >= 0.6 is 27.7 Å². The third kappa shape index (κ3) is 1.60. The number of nitrogens with zero attached hydrogens (tertiary/aromatic N) is 1. The molecule has 0 aliphatic heterocycles. The van der Waals surface area contributed by atoms with Crippen LogP contribution in [-0.2, 0) is 0 Å². The molecule has 47 valence electrons. The van der Waals surface area contributed by atoms with Crippen LogP contribution in [0.3, 0.4) is 0 Å². The molecular formula is C6H4BrClN. The van der Waals surface area contributed by atoms with Crippen molar-refractivity contribution in [3.63, 3.8) is 0 Å². The zero-order valence-corrected chi connectivity index (χ0v) is 6.85. The van der Waals surface area contributed by atoms with Crippen molar-refractivity contribution in [2.75, 3.05) is 0 Å². The van der Waals surface area contributed by atoms with E-state index in [0.29, 0.717) is 0 Å². The maximum atomic E-state index is 5.23. The van der Waals surface area contributed by atoms with E-state index < -0.39 is 0 Å². The van der Waals surface area contributed by atoms with E-state index in [1.807, 2.05) is 24.3 Å². The quantitative estimate of drug-likeness (QED) is 0.669. The van der Waals surface area contributed by atoms with Crippen LogP contribution in [0.25, 0.3) is 0 Å². The molecule has 1 nitrogen and oxygen atoms in total. The lowest BCUT2D eigenvalue weighted by atomic mass is 10.3. The van der Waals surface area contributed by atoms with Gasteiger partial charge in [0.2, 0.25) is 0 Å². The Balaban J connectivity index is 3.01. The third-order valence-corrected chi connectivity index (χ3v) is 1.80. The second-order valence-corrected chi connectivity index (χ2v) is 2.56. The van der Waals surface area contributed by atoms with Crippen LogP contribution in [-0.4, -0.2) is 0 Å². The molecule has 1 aromatic rings. The molecule has 0 saturated heterocycles. The smallest absolute Gasteiger partial charge is 0.0918 e. The monoisotopic (exact) mass is 204 g/mol. The van der Waals surface area contributed by atoms with E-state index in [4.69, 9.17) is 11.8 Å². The van der Waals surface area contributed by atoms with Crippen molar-refractivity contribution in [3.8, 4) is 0 Å². The Morgan fingerprint density at radius 2 is 2.00 bits per heavy atom. The fourth-order valence-electron chi connectivity index (χ4n) is 0.520. The fourth-order valence-corrected chi connectivity index (χ4v) is 1.14. The zero-order chi connectivity index (χ0) is 6.69. The number of halogens is 2. The highest BCUT2D eigenvalue weighted by Crippen LogP contribution is 2.21. The summed E-state index contributed by atoms with van der Waals surface area (Å²) < 4.78 is 0.917. The molecule has 1 rings (SSSR count). The van der Waals surface area contributed by atoms with E-state index in [-0.39, 0.29) is 0 Å². The van der Waals surface area contributed by atoms with Gasteiger partial charge in [0.05, 0.1) is 5.69 Å². The van der Waals surface area contributed by atoms with Gasteiger partial charge in [0, 0.05) is 16.2 Å². The van der Waals surface area contributed by atoms with Crippen molar-refractivity contribution < 1.29 is 0 Å². The number of hydrogen-bond donors (Lipinski definition) is 0. The summed E-state index contributed by atoms with van der Waals surface area (Å²) in [5.41, 5.74) is 0.763. The Hall–Kier alpha value is -0.210. The first-order valence-corrected chi connectivity index (χ1v) is 3.54. The number of rotatable bonds is 1. The summed E-state index contributed by atoms with van der Waals surface area (Å²) in [4.78, 5) is 3.50. The molecule has 0 spiro atoms. The van der Waals surface area contributed by atoms with E-state index in [2.05, 4.69) is 20.8 Å². The van der Waals surface area contributed by atoms with Crippen LogP contribution in [0.5, 0.6) is 0 Å². The van der Waals surface area contributed by atoms with Crippen molar-refractivity contribution in [2.45, 2.75) is 0 Å². The molecule has 0 amide bonds. The van der Waals surface area contributed by atoms with Crippen LogP contribution in [0.1, 0.15) is 0 Å². The Bertz CT molecular complexity index is 202. The molecule has 0 N–H and O–H groups in total. The lowest BCUT2D eigenvalue weighted by Gasteiger charge is -1.94. The molecule has 1 radical (unpaired) electrons. The van der Waals surface area contributed by atoms with Gasteiger partial charge in [0.25, 0.3) is 0 Å². The molecule has 1 aromatic carbocycles. The van der Waals surface area contributed by atoms with E-state index in [0.717, 1.165) is 10.2 Å². The van der Waals surface area contributed by atoms with Crippen LogP contribution in [0.4, 0.5) is 5.69 Å². The summed E-state index contributed by atoms with van der Waals surface area (Å²) in [5.74, 6) is 0. The van der Waals surface area contributed by atoms with E-state index in [1.54, 1.807) is 0 Å². The van der Waals surface area contributed by atoms with Gasteiger partial charge in [0.15, 0.2) is 0 Å². The molecule has 0 aliphatic rings. The first-order valence-electron chi connectivity index (χ1n) is 2.41. The van der Waals surface area contributed by atoms with Gasteiger partial charge in [-0.1, -0.05) is 12.1 Å². The van der Waals surface area contributed by atoms with Gasteiger partial charge < -0.3 is 0 Å². The van der Waals surface area contributed by atoms with Crippen molar-refractivity contribution in [2.24, 2.45) is 0 Å². The van der Waals surface area contributed by atoms with Gasteiger partial charge in [-0.3, -0.25) is 0 Å². The SMILES string of the molecule is Cl[N]c1ccccc1Br. The van der Waals surface area contributed by atoms with Gasteiger partial charge >= 0.3 is 0 Å². The summed E-state index contributed by atoms with van der Waals surface area (Å²) in [7, 11) is 0. The standard InChI is InChI=1S/C6H4BrClN/c7-5-3-1-2-4-6(5)9-8/h1-4H. The minimum Gasteiger partial charge on any atom is -0.177 e. The highest BCUT2D eigenvalue weighted by molar-refractivity contribution is 9.10. The molecule has 0 heterocycles. The van der Waals surface area contributed by atoms with E-state index in [1.165, 1.54) is 0 Å². The Kier molecular flexibility index (Phi) is 2.37. The van der Waals surface area contributed by atoms with E-state index >= 15 is 0 Å². The summed E-state index contributed by atoms with van der Waals surface area (Å²) in [5, 5.41) is 0. The zero-order valence-electron chi connectivity index (χ0n) is 4.51. The molecule has 0 unspecified atom stereocenters. The van der Waals surface area contributed by atoms with Gasteiger partial charge in [-0.25, -0.2) is 0 Å². The third-order valence-electron chi connectivity index (χ3n) is 0.944. The van der Waals surface area contributed by atoms with E-state index in [9.17, 15) is 0 Å². The normalized spacial score (nSPS) is 9.11. The Labute approximate surface area is 67.3 Å². The predicted octanol–water partition coefficient (Wildman–Crippen LogP) is 2.84. The maximum absolute atomic E-state index is 5.23. The molecule has 0 fully saturated rings. The highest BCUT2D eigenvalue weighted by atomic mass is 79.9. The summed E-state index contributed by atoms with van der Waals surface area (Å²) in [6.07, 6.45) is 0. The molecule has 3 heteroatoms. The first-order chi connectivity index (χ1) is 4.34. The average Bonchev–Trinajstić information content (AvgIpc) is 1.89. The first kappa shape index (κ1) is 6.90. The highest BCUT2D eigenvalue weighted by Gasteiger charge is 1.94. The molecule has 0 saturated carbocycles. The molecule has 9 heavy (non-hydrogen) atoms. The Morgan fingerprint density at radius 1 is 1.33 bits per heavy atom. The fraction of sp³-hybridized carbons (Fsp3) is 0. The molecule has 0 aromatic heterocycles. The molecule has 0 aliphatic carbocycles. The second kappa shape index (κ2) is 3.08. The van der Waals surface area contributed by atoms with Crippen molar-refractivity contribution in [1.29, 1.82) is 0 Å². The van der Waals surface area contributed by atoms with Crippen LogP contribution in [0.15, 0.2) is 28.7 Å². The lowest BCUT2D eigenvalue weighted by molar-refractivity contribution is 1.34. The summed E-state index contributed by atoms with van der Waals surface area (Å²) in [6.45, 7) is 0. The van der Waals surface area contributed by atoms with Crippen LogP contribution in [0.2, 0.25) is 0 Å². The minimum absolute atomic E-state index is 0.763. The summed E-state index contributed by atoms with van der Waals surface area (Å²) in [6, 6.07) is 7.51. The van der Waals surface area contributed by atoms with Crippen LogP contribution < -0.4 is 4.84 Å². The largest absolute Gasteiger partial charge is 0.177 e. The van der Waals surface area contributed by atoms with Crippen molar-refractivity contribution in [1.82, 2.24) is 4.84 Å². The lowest BCUT2D eigenvalue weighted by Crippen LogP contribution is -1.77. The van der Waals surface area contributed by atoms with Gasteiger partial charge in [-0.05, 0) is 28.1 Å². The van der Waals surface area contributed by atoms with Gasteiger partial charge in [-0.2, -0.15) is 4.84 Å². The number of hydrogen-bond acceptors (Lipinski definition) is 0. The minimum atomic E-state index is 0.763. The maximum Gasteiger partial charge on any atom is 0.0918 e. The molecule has 0 atom stereocenters. The van der Waals surface area contributed by atoms with Crippen molar-refractivity contribution in [3.05, 3.63) is 28.7 Å².